The number of carboxylic acid groups (broad SMARTS) is 1. The number of aromatic carboxylic acids is 1. The van der Waals surface area contributed by atoms with Gasteiger partial charge in [0.05, 0.1) is 5.56 Å². The van der Waals surface area contributed by atoms with E-state index in [0.29, 0.717) is 0 Å². The monoisotopic (exact) mass is 287 g/mol. The van der Waals surface area contributed by atoms with Crippen molar-refractivity contribution in [2.24, 2.45) is 0 Å². The van der Waals surface area contributed by atoms with Gasteiger partial charge >= 0.3 is 12.1 Å². The van der Waals surface area contributed by atoms with E-state index in [-0.39, 0.29) is 21.7 Å². The summed E-state index contributed by atoms with van der Waals surface area (Å²) in [5, 5.41) is 10.5. The number of carbonyl (C=O) groups is 1. The SMILES string of the molecule is Nc1scc(-c2cccc(C(F)(F)F)c2)c1C(=O)O. The molecule has 0 atom stereocenters. The number of thiophene rings is 1. The Balaban J connectivity index is 2.57. The molecule has 3 N–H and O–H groups in total. The Labute approximate surface area is 110 Å². The lowest BCUT2D eigenvalue weighted by molar-refractivity contribution is -0.137. The first-order chi connectivity index (χ1) is 8.80. The molecule has 0 bridgehead atoms. The Kier molecular flexibility index (Phi) is 3.23. The highest BCUT2D eigenvalue weighted by atomic mass is 32.1. The van der Waals surface area contributed by atoms with Crippen LogP contribution in [-0.4, -0.2) is 11.1 Å². The molecule has 1 aromatic heterocycles. The first kappa shape index (κ1) is 13.4. The predicted molar refractivity (Wildman–Crippen MR) is 66.1 cm³/mol. The summed E-state index contributed by atoms with van der Waals surface area (Å²) >= 11 is 0.983. The predicted octanol–water partition coefficient (Wildman–Crippen LogP) is 3.71. The van der Waals surface area contributed by atoms with Crippen LogP contribution in [0.1, 0.15) is 15.9 Å². The summed E-state index contributed by atoms with van der Waals surface area (Å²) < 4.78 is 37.8. The molecule has 0 aliphatic heterocycles. The van der Waals surface area contributed by atoms with Crippen LogP contribution in [-0.2, 0) is 6.18 Å². The number of hydrogen-bond donors (Lipinski definition) is 2. The minimum absolute atomic E-state index is 0.0694. The first-order valence-corrected chi connectivity index (χ1v) is 5.96. The van der Waals surface area contributed by atoms with Crippen LogP contribution in [0.2, 0.25) is 0 Å². The van der Waals surface area contributed by atoms with Crippen LogP contribution in [0.4, 0.5) is 18.2 Å². The number of alkyl halides is 3. The van der Waals surface area contributed by atoms with E-state index in [0.717, 1.165) is 23.5 Å². The zero-order chi connectivity index (χ0) is 14.2. The number of anilines is 1. The smallest absolute Gasteiger partial charge is 0.416 e. The zero-order valence-electron chi connectivity index (χ0n) is 9.36. The molecule has 0 aliphatic carbocycles. The Bertz CT molecular complexity index is 634. The summed E-state index contributed by atoms with van der Waals surface area (Å²) in [7, 11) is 0. The number of benzene rings is 1. The number of hydrogen-bond acceptors (Lipinski definition) is 3. The van der Waals surface area contributed by atoms with Crippen molar-refractivity contribution in [3.63, 3.8) is 0 Å². The molecule has 0 aliphatic rings. The molecule has 2 aromatic rings. The molecule has 1 aromatic carbocycles. The van der Waals surface area contributed by atoms with Crippen LogP contribution in [0.5, 0.6) is 0 Å². The Morgan fingerprint density at radius 3 is 2.58 bits per heavy atom. The topological polar surface area (TPSA) is 63.3 Å². The van der Waals surface area contributed by atoms with Crippen molar-refractivity contribution in [2.75, 3.05) is 5.73 Å². The van der Waals surface area contributed by atoms with E-state index in [1.165, 1.54) is 17.5 Å². The van der Waals surface area contributed by atoms with Crippen molar-refractivity contribution >= 4 is 22.3 Å². The third-order valence-electron chi connectivity index (χ3n) is 2.53. The molecule has 1 heterocycles. The second kappa shape index (κ2) is 4.58. The average Bonchev–Trinajstić information content (AvgIpc) is 2.70. The summed E-state index contributed by atoms with van der Waals surface area (Å²) in [4.78, 5) is 11.1. The molecule has 2 rings (SSSR count). The minimum atomic E-state index is -4.47. The second-order valence-corrected chi connectivity index (χ2v) is 4.68. The molecular formula is C12H8F3NO2S. The molecule has 7 heteroatoms. The summed E-state index contributed by atoms with van der Waals surface area (Å²) in [5.41, 5.74) is 4.90. The molecule has 0 amide bonds. The van der Waals surface area contributed by atoms with E-state index in [1.54, 1.807) is 0 Å². The van der Waals surface area contributed by atoms with Gasteiger partial charge in [-0.05, 0) is 17.7 Å². The molecule has 19 heavy (non-hydrogen) atoms. The molecular weight excluding hydrogens is 279 g/mol. The van der Waals surface area contributed by atoms with Crippen LogP contribution in [0.25, 0.3) is 11.1 Å². The fraction of sp³-hybridized carbons (Fsp3) is 0.0833. The number of rotatable bonds is 2. The molecule has 0 fully saturated rings. The number of carboxylic acids is 1. The zero-order valence-corrected chi connectivity index (χ0v) is 10.2. The minimum Gasteiger partial charge on any atom is -0.478 e. The quantitative estimate of drug-likeness (QED) is 0.885. The van der Waals surface area contributed by atoms with Gasteiger partial charge in [-0.1, -0.05) is 12.1 Å². The van der Waals surface area contributed by atoms with E-state index in [2.05, 4.69) is 0 Å². The van der Waals surface area contributed by atoms with Crippen molar-refractivity contribution in [1.29, 1.82) is 0 Å². The van der Waals surface area contributed by atoms with Gasteiger partial charge in [0, 0.05) is 10.9 Å². The van der Waals surface area contributed by atoms with Gasteiger partial charge in [-0.15, -0.1) is 11.3 Å². The van der Waals surface area contributed by atoms with E-state index in [1.807, 2.05) is 0 Å². The van der Waals surface area contributed by atoms with Crippen molar-refractivity contribution in [3.8, 4) is 11.1 Å². The highest BCUT2D eigenvalue weighted by Gasteiger charge is 2.31. The Morgan fingerprint density at radius 1 is 1.32 bits per heavy atom. The number of nitrogen functional groups attached to an aromatic ring is 1. The van der Waals surface area contributed by atoms with Gasteiger partial charge in [0.25, 0.3) is 0 Å². The standard InChI is InChI=1S/C12H8F3NO2S/c13-12(14,15)7-3-1-2-6(4-7)8-5-19-10(16)9(8)11(17)18/h1-5H,16H2,(H,17,18). The van der Waals surface area contributed by atoms with Crippen LogP contribution >= 0.6 is 11.3 Å². The molecule has 0 unspecified atom stereocenters. The fourth-order valence-corrected chi connectivity index (χ4v) is 2.48. The molecule has 0 radical (unpaired) electrons. The number of nitrogens with two attached hydrogens (primary N) is 1. The molecule has 100 valence electrons. The second-order valence-electron chi connectivity index (χ2n) is 3.77. The lowest BCUT2D eigenvalue weighted by Crippen LogP contribution is -2.05. The van der Waals surface area contributed by atoms with Crippen molar-refractivity contribution < 1.29 is 23.1 Å². The fourth-order valence-electron chi connectivity index (χ4n) is 1.67. The van der Waals surface area contributed by atoms with E-state index >= 15 is 0 Å². The molecule has 0 saturated carbocycles. The van der Waals surface area contributed by atoms with Crippen molar-refractivity contribution in [3.05, 3.63) is 40.8 Å². The van der Waals surface area contributed by atoms with Gasteiger partial charge < -0.3 is 10.8 Å². The van der Waals surface area contributed by atoms with Crippen LogP contribution < -0.4 is 5.73 Å². The Morgan fingerprint density at radius 2 is 2.00 bits per heavy atom. The van der Waals surface area contributed by atoms with Gasteiger partial charge in [0.15, 0.2) is 0 Å². The number of halogens is 3. The third kappa shape index (κ3) is 2.55. The van der Waals surface area contributed by atoms with Crippen LogP contribution in [0, 0.1) is 0 Å². The summed E-state index contributed by atoms with van der Waals surface area (Å²) in [6.07, 6.45) is -4.47. The largest absolute Gasteiger partial charge is 0.478 e. The first-order valence-electron chi connectivity index (χ1n) is 5.08. The summed E-state index contributed by atoms with van der Waals surface area (Å²) in [5.74, 6) is -1.26. The van der Waals surface area contributed by atoms with Gasteiger partial charge in [-0.25, -0.2) is 4.79 Å². The molecule has 0 spiro atoms. The van der Waals surface area contributed by atoms with Gasteiger partial charge in [0.2, 0.25) is 0 Å². The highest BCUT2D eigenvalue weighted by Crippen LogP contribution is 2.36. The van der Waals surface area contributed by atoms with Crippen LogP contribution in [0.15, 0.2) is 29.6 Å². The maximum Gasteiger partial charge on any atom is 0.416 e. The van der Waals surface area contributed by atoms with Crippen molar-refractivity contribution in [1.82, 2.24) is 0 Å². The van der Waals surface area contributed by atoms with Gasteiger partial charge in [0.1, 0.15) is 10.6 Å². The Hall–Kier alpha value is -2.02. The van der Waals surface area contributed by atoms with Crippen molar-refractivity contribution in [2.45, 2.75) is 6.18 Å². The van der Waals surface area contributed by atoms with Crippen LogP contribution in [0.3, 0.4) is 0 Å². The molecule has 0 saturated heterocycles. The average molecular weight is 287 g/mol. The van der Waals surface area contributed by atoms with E-state index < -0.39 is 17.7 Å². The van der Waals surface area contributed by atoms with E-state index in [4.69, 9.17) is 10.8 Å². The maximum atomic E-state index is 12.6. The normalized spacial score (nSPS) is 11.5. The summed E-state index contributed by atoms with van der Waals surface area (Å²) in [6, 6.07) is 4.49. The lowest BCUT2D eigenvalue weighted by atomic mass is 10.0. The lowest BCUT2D eigenvalue weighted by Gasteiger charge is -2.08. The van der Waals surface area contributed by atoms with Gasteiger partial charge in [-0.3, -0.25) is 0 Å². The highest BCUT2D eigenvalue weighted by molar-refractivity contribution is 7.14. The van der Waals surface area contributed by atoms with E-state index in [9.17, 15) is 18.0 Å². The molecule has 3 nitrogen and oxygen atoms in total. The third-order valence-corrected chi connectivity index (χ3v) is 3.35. The maximum absolute atomic E-state index is 12.6. The summed E-state index contributed by atoms with van der Waals surface area (Å²) in [6.45, 7) is 0. The van der Waals surface area contributed by atoms with Gasteiger partial charge in [-0.2, -0.15) is 13.2 Å².